The molecule has 0 aliphatic carbocycles. The number of benzene rings is 1. The van der Waals surface area contributed by atoms with Gasteiger partial charge in [-0.1, -0.05) is 0 Å². The van der Waals surface area contributed by atoms with Crippen molar-refractivity contribution in [2.45, 2.75) is 52.4 Å². The van der Waals surface area contributed by atoms with Gasteiger partial charge in [0.05, 0.1) is 0 Å². The molecule has 1 aromatic carbocycles. The molecule has 1 aromatic heterocycles. The van der Waals surface area contributed by atoms with Gasteiger partial charge >= 0.3 is 5.69 Å². The number of hydrogen-bond acceptors (Lipinski definition) is 4. The van der Waals surface area contributed by atoms with Gasteiger partial charge in [-0.25, -0.2) is 18.0 Å². The van der Waals surface area contributed by atoms with Gasteiger partial charge in [-0.05, 0) is 33.3 Å². The summed E-state index contributed by atoms with van der Waals surface area (Å²) in [6.45, 7) is 6.31. The van der Waals surface area contributed by atoms with Gasteiger partial charge in [-0.3, -0.25) is 4.57 Å². The lowest BCUT2D eigenvalue weighted by atomic mass is 10.1. The zero-order valence-electron chi connectivity index (χ0n) is 14.8. The molecule has 1 aliphatic rings. The Morgan fingerprint density at radius 2 is 1.88 bits per heavy atom. The van der Waals surface area contributed by atoms with Gasteiger partial charge in [-0.2, -0.15) is 4.98 Å². The highest BCUT2D eigenvalue weighted by Gasteiger charge is 2.27. The molecular formula is C18H20F3N3O2. The molecule has 0 saturated heterocycles. The monoisotopic (exact) mass is 367 g/mol. The predicted octanol–water partition coefficient (Wildman–Crippen LogP) is 3.25. The summed E-state index contributed by atoms with van der Waals surface area (Å²) in [5, 5.41) is 0. The van der Waals surface area contributed by atoms with Crippen molar-refractivity contribution in [1.82, 2.24) is 9.55 Å². The molecule has 0 amide bonds. The van der Waals surface area contributed by atoms with Gasteiger partial charge in [0, 0.05) is 36.3 Å². The third-order valence-electron chi connectivity index (χ3n) is 4.50. The van der Waals surface area contributed by atoms with Crippen LogP contribution in [0.3, 0.4) is 0 Å². The molecule has 0 fully saturated rings. The van der Waals surface area contributed by atoms with Crippen LogP contribution in [0.1, 0.15) is 32.8 Å². The summed E-state index contributed by atoms with van der Waals surface area (Å²) >= 11 is 0. The second-order valence-electron chi connectivity index (χ2n) is 6.67. The molecule has 1 atom stereocenters. The summed E-state index contributed by atoms with van der Waals surface area (Å²) in [7, 11) is 0. The lowest BCUT2D eigenvalue weighted by Gasteiger charge is -2.40. The number of fused-ring (bicyclic) bond motifs is 1. The number of hydrogen-bond donors (Lipinski definition) is 0. The normalized spacial score (nSPS) is 16.7. The second-order valence-corrected chi connectivity index (χ2v) is 6.67. The van der Waals surface area contributed by atoms with Crippen molar-refractivity contribution >= 4 is 5.82 Å². The molecule has 2 heterocycles. The fourth-order valence-electron chi connectivity index (χ4n) is 3.25. The quantitative estimate of drug-likeness (QED) is 0.779. The van der Waals surface area contributed by atoms with Crippen LogP contribution in [0.5, 0.6) is 5.88 Å². The van der Waals surface area contributed by atoms with Crippen LogP contribution in [-0.2, 0) is 13.2 Å². The number of ether oxygens (including phenoxy) is 1. The first-order chi connectivity index (χ1) is 12.3. The molecule has 5 nitrogen and oxygen atoms in total. The minimum atomic E-state index is -1.27. The van der Waals surface area contributed by atoms with Crippen LogP contribution in [-0.4, -0.2) is 21.6 Å². The molecule has 0 radical (unpaired) electrons. The molecule has 8 heteroatoms. The van der Waals surface area contributed by atoms with Crippen LogP contribution >= 0.6 is 0 Å². The number of nitrogens with zero attached hydrogens (tertiary/aromatic N) is 3. The minimum absolute atomic E-state index is 0.0186. The number of aromatic nitrogens is 2. The summed E-state index contributed by atoms with van der Waals surface area (Å²) in [5.41, 5.74) is -0.613. The summed E-state index contributed by atoms with van der Waals surface area (Å²) in [5.74, 6) is -2.65. The smallest absolute Gasteiger partial charge is 0.352 e. The van der Waals surface area contributed by atoms with E-state index in [1.807, 2.05) is 13.8 Å². The van der Waals surface area contributed by atoms with E-state index >= 15 is 0 Å². The van der Waals surface area contributed by atoms with Crippen molar-refractivity contribution in [3.63, 3.8) is 0 Å². The van der Waals surface area contributed by atoms with E-state index in [1.54, 1.807) is 10.6 Å². The lowest BCUT2D eigenvalue weighted by Crippen LogP contribution is -2.47. The average molecular weight is 367 g/mol. The molecule has 0 spiro atoms. The van der Waals surface area contributed by atoms with Crippen LogP contribution in [0.4, 0.5) is 19.0 Å². The van der Waals surface area contributed by atoms with E-state index in [0.29, 0.717) is 18.4 Å². The Kier molecular flexibility index (Phi) is 4.93. The van der Waals surface area contributed by atoms with Gasteiger partial charge in [-0.15, -0.1) is 0 Å². The number of halogens is 3. The van der Waals surface area contributed by atoms with Crippen molar-refractivity contribution < 1.29 is 17.9 Å². The lowest BCUT2D eigenvalue weighted by molar-refractivity contribution is 0.282. The second kappa shape index (κ2) is 7.01. The zero-order chi connectivity index (χ0) is 19.0. The summed E-state index contributed by atoms with van der Waals surface area (Å²) < 4.78 is 47.0. The fraction of sp³-hybridized carbons (Fsp3) is 0.444. The first kappa shape index (κ1) is 18.3. The first-order valence-electron chi connectivity index (χ1n) is 8.44. The van der Waals surface area contributed by atoms with E-state index in [0.717, 1.165) is 12.5 Å². The van der Waals surface area contributed by atoms with Crippen molar-refractivity contribution in [2.75, 3.05) is 4.90 Å². The van der Waals surface area contributed by atoms with Crippen LogP contribution in [0, 0.1) is 17.5 Å². The summed E-state index contributed by atoms with van der Waals surface area (Å²) in [6.07, 6.45) is 0.826. The van der Waals surface area contributed by atoms with Crippen LogP contribution in [0.2, 0.25) is 0 Å². The van der Waals surface area contributed by atoms with Crippen molar-refractivity contribution in [1.29, 1.82) is 0 Å². The van der Waals surface area contributed by atoms with Crippen molar-refractivity contribution in [2.24, 2.45) is 0 Å². The van der Waals surface area contributed by atoms with Crippen LogP contribution in [0.25, 0.3) is 0 Å². The van der Waals surface area contributed by atoms with Gasteiger partial charge in [0.2, 0.25) is 5.88 Å². The molecule has 3 rings (SSSR count). The Hall–Kier alpha value is -2.51. The van der Waals surface area contributed by atoms with E-state index in [2.05, 4.69) is 16.8 Å². The molecule has 0 unspecified atom stereocenters. The van der Waals surface area contributed by atoms with Gasteiger partial charge in [0.1, 0.15) is 18.2 Å². The third kappa shape index (κ3) is 3.40. The number of rotatable bonds is 4. The Labute approximate surface area is 149 Å². The molecular weight excluding hydrogens is 347 g/mol. The van der Waals surface area contributed by atoms with Gasteiger partial charge < -0.3 is 9.64 Å². The average Bonchev–Trinajstić information content (AvgIpc) is 2.56. The topological polar surface area (TPSA) is 47.4 Å². The molecule has 2 aromatic rings. The molecule has 26 heavy (non-hydrogen) atoms. The van der Waals surface area contributed by atoms with E-state index in [-0.39, 0.29) is 30.1 Å². The SMILES string of the molecule is CC(C)N1c2cc(OCc3cc(F)c(F)cc3F)nc(=O)n2CC[C@@H]1C. The zero-order valence-corrected chi connectivity index (χ0v) is 14.8. The van der Waals surface area contributed by atoms with Crippen LogP contribution < -0.4 is 15.3 Å². The Bertz CT molecular complexity index is 883. The maximum absolute atomic E-state index is 13.7. The maximum atomic E-state index is 13.7. The van der Waals surface area contributed by atoms with Gasteiger partial charge in [0.15, 0.2) is 11.6 Å². The largest absolute Gasteiger partial charge is 0.472 e. The summed E-state index contributed by atoms with van der Waals surface area (Å²) in [6, 6.07) is 3.22. The van der Waals surface area contributed by atoms with E-state index in [1.165, 1.54) is 0 Å². The van der Waals surface area contributed by atoms with E-state index < -0.39 is 23.1 Å². The molecule has 0 saturated carbocycles. The van der Waals surface area contributed by atoms with Gasteiger partial charge in [0.25, 0.3) is 0 Å². The Balaban J connectivity index is 1.90. The third-order valence-corrected chi connectivity index (χ3v) is 4.50. The highest BCUT2D eigenvalue weighted by atomic mass is 19.2. The highest BCUT2D eigenvalue weighted by molar-refractivity contribution is 5.45. The molecule has 140 valence electrons. The fourth-order valence-corrected chi connectivity index (χ4v) is 3.25. The Morgan fingerprint density at radius 3 is 2.58 bits per heavy atom. The summed E-state index contributed by atoms with van der Waals surface area (Å²) in [4.78, 5) is 18.3. The van der Waals surface area contributed by atoms with Crippen LogP contribution in [0.15, 0.2) is 23.0 Å². The Morgan fingerprint density at radius 1 is 1.19 bits per heavy atom. The molecule has 0 N–H and O–H groups in total. The van der Waals surface area contributed by atoms with Crippen molar-refractivity contribution in [3.8, 4) is 5.88 Å². The van der Waals surface area contributed by atoms with E-state index in [9.17, 15) is 18.0 Å². The first-order valence-corrected chi connectivity index (χ1v) is 8.44. The standard InChI is InChI=1S/C18H20F3N3O2/c1-10(2)24-11(3)4-5-23-17(24)8-16(22-18(23)25)26-9-12-6-14(20)15(21)7-13(12)19/h6-8,10-11H,4-5,9H2,1-3H3/t11-/m0/s1. The minimum Gasteiger partial charge on any atom is -0.472 e. The predicted molar refractivity (Wildman–Crippen MR) is 90.8 cm³/mol. The highest BCUT2D eigenvalue weighted by Crippen LogP contribution is 2.28. The molecule has 0 bridgehead atoms. The van der Waals surface area contributed by atoms with Crippen molar-refractivity contribution in [3.05, 3.63) is 51.7 Å². The number of anilines is 1. The molecule has 1 aliphatic heterocycles. The maximum Gasteiger partial charge on any atom is 0.352 e. The van der Waals surface area contributed by atoms with E-state index in [4.69, 9.17) is 4.74 Å².